The van der Waals surface area contributed by atoms with E-state index in [-0.39, 0.29) is 0 Å². The lowest BCUT2D eigenvalue weighted by Crippen LogP contribution is -2.32. The van der Waals surface area contributed by atoms with E-state index in [4.69, 9.17) is 0 Å². The first-order chi connectivity index (χ1) is 4.86. The third-order valence-corrected chi connectivity index (χ3v) is 2.38. The summed E-state index contributed by atoms with van der Waals surface area (Å²) < 4.78 is 0. The fourth-order valence-electron chi connectivity index (χ4n) is 1.47. The van der Waals surface area contributed by atoms with E-state index in [0.717, 1.165) is 25.4 Å². The molecule has 10 heavy (non-hydrogen) atoms. The van der Waals surface area contributed by atoms with E-state index in [2.05, 4.69) is 6.92 Å². The van der Waals surface area contributed by atoms with E-state index >= 15 is 0 Å². The lowest BCUT2D eigenvalue weighted by molar-refractivity contribution is -0.119. The van der Waals surface area contributed by atoms with Gasteiger partial charge in [-0.25, -0.2) is 0 Å². The Kier molecular flexibility index (Phi) is 2.72. The first-order valence-corrected chi connectivity index (χ1v) is 4.06. The van der Waals surface area contributed by atoms with Crippen LogP contribution in [0.5, 0.6) is 0 Å². The topological polar surface area (TPSA) is 20.3 Å². The van der Waals surface area contributed by atoms with Crippen LogP contribution in [0.1, 0.15) is 26.2 Å². The Morgan fingerprint density at radius 3 is 2.50 bits per heavy atom. The van der Waals surface area contributed by atoms with Crippen molar-refractivity contribution in [2.24, 2.45) is 5.92 Å². The number of amides is 1. The van der Waals surface area contributed by atoms with Crippen LogP contribution >= 0.6 is 0 Å². The number of nitrogens with zero attached hydrogens (tertiary/aromatic N) is 1. The average molecular weight is 141 g/mol. The summed E-state index contributed by atoms with van der Waals surface area (Å²) in [5.41, 5.74) is 0. The Balaban J connectivity index is 2.23. The molecule has 0 unspecified atom stereocenters. The summed E-state index contributed by atoms with van der Waals surface area (Å²) in [6, 6.07) is 0. The zero-order chi connectivity index (χ0) is 7.40. The number of carbonyl (C=O) groups excluding carboxylic acids is 1. The van der Waals surface area contributed by atoms with Gasteiger partial charge in [-0.1, -0.05) is 13.3 Å². The molecule has 58 valence electrons. The molecule has 2 heteroatoms. The summed E-state index contributed by atoms with van der Waals surface area (Å²) in [6.45, 7) is 4.17. The Morgan fingerprint density at radius 2 is 2.10 bits per heavy atom. The van der Waals surface area contributed by atoms with Gasteiger partial charge in [-0.15, -0.1) is 0 Å². The van der Waals surface area contributed by atoms with E-state index < -0.39 is 0 Å². The molecule has 1 fully saturated rings. The smallest absolute Gasteiger partial charge is 0.209 e. The predicted molar refractivity (Wildman–Crippen MR) is 40.7 cm³/mol. The van der Waals surface area contributed by atoms with Gasteiger partial charge in [-0.3, -0.25) is 4.79 Å². The molecule has 0 bridgehead atoms. The maximum absolute atomic E-state index is 10.3. The lowest BCUT2D eigenvalue weighted by atomic mass is 9.95. The quantitative estimate of drug-likeness (QED) is 0.530. The molecule has 0 aromatic rings. The number of likely N-dealkylation sites (tertiary alicyclic amines) is 1. The van der Waals surface area contributed by atoms with Crippen molar-refractivity contribution in [2.45, 2.75) is 26.2 Å². The second kappa shape index (κ2) is 3.59. The highest BCUT2D eigenvalue weighted by atomic mass is 16.1. The van der Waals surface area contributed by atoms with Crippen molar-refractivity contribution in [2.75, 3.05) is 13.1 Å². The van der Waals surface area contributed by atoms with E-state index in [1.165, 1.54) is 19.3 Å². The molecule has 0 aromatic carbocycles. The summed E-state index contributed by atoms with van der Waals surface area (Å²) in [4.78, 5) is 12.1. The third-order valence-electron chi connectivity index (χ3n) is 2.38. The van der Waals surface area contributed by atoms with Gasteiger partial charge in [0, 0.05) is 13.1 Å². The molecule has 1 aliphatic heterocycles. The van der Waals surface area contributed by atoms with Crippen LogP contribution in [-0.4, -0.2) is 24.4 Å². The molecule has 0 N–H and O–H groups in total. The molecule has 1 heterocycles. The molecule has 0 aliphatic carbocycles. The molecular formula is C8H15NO. The van der Waals surface area contributed by atoms with Crippen molar-refractivity contribution in [1.29, 1.82) is 0 Å². The molecular weight excluding hydrogens is 126 g/mol. The van der Waals surface area contributed by atoms with Gasteiger partial charge in [0.2, 0.25) is 6.41 Å². The van der Waals surface area contributed by atoms with E-state index in [1.54, 1.807) is 0 Å². The minimum absolute atomic E-state index is 0.871. The molecule has 1 rings (SSSR count). The van der Waals surface area contributed by atoms with Crippen molar-refractivity contribution in [3.05, 3.63) is 0 Å². The highest BCUT2D eigenvalue weighted by Crippen LogP contribution is 2.18. The zero-order valence-electron chi connectivity index (χ0n) is 6.55. The largest absolute Gasteiger partial charge is 0.345 e. The molecule has 2 nitrogen and oxygen atoms in total. The molecule has 1 saturated heterocycles. The van der Waals surface area contributed by atoms with Gasteiger partial charge in [0.1, 0.15) is 0 Å². The number of piperidine rings is 1. The van der Waals surface area contributed by atoms with Crippen molar-refractivity contribution >= 4 is 6.41 Å². The van der Waals surface area contributed by atoms with Crippen LogP contribution in [0, 0.1) is 5.92 Å². The number of hydrogen-bond acceptors (Lipinski definition) is 1. The van der Waals surface area contributed by atoms with Crippen LogP contribution in [0.25, 0.3) is 0 Å². The minimum Gasteiger partial charge on any atom is -0.345 e. The Morgan fingerprint density at radius 1 is 1.50 bits per heavy atom. The third kappa shape index (κ3) is 1.72. The Labute approximate surface area is 62.2 Å². The van der Waals surface area contributed by atoms with E-state index in [1.807, 2.05) is 4.90 Å². The van der Waals surface area contributed by atoms with Gasteiger partial charge < -0.3 is 4.90 Å². The van der Waals surface area contributed by atoms with Gasteiger partial charge in [0.05, 0.1) is 0 Å². The van der Waals surface area contributed by atoms with Crippen molar-refractivity contribution in [3.8, 4) is 0 Å². The van der Waals surface area contributed by atoms with Crippen LogP contribution in [0.2, 0.25) is 0 Å². The van der Waals surface area contributed by atoms with Gasteiger partial charge in [0.25, 0.3) is 0 Å². The van der Waals surface area contributed by atoms with E-state index in [9.17, 15) is 4.79 Å². The molecule has 1 aliphatic rings. The first kappa shape index (κ1) is 7.58. The van der Waals surface area contributed by atoms with Crippen molar-refractivity contribution in [3.63, 3.8) is 0 Å². The maximum Gasteiger partial charge on any atom is 0.209 e. The number of hydrogen-bond donors (Lipinski definition) is 0. The normalized spacial score (nSPS) is 21.1. The summed E-state index contributed by atoms with van der Waals surface area (Å²) in [5, 5.41) is 0. The fraction of sp³-hybridized carbons (Fsp3) is 0.875. The average Bonchev–Trinajstić information content (AvgIpc) is 2.05. The summed E-state index contributed by atoms with van der Waals surface area (Å²) in [7, 11) is 0. The van der Waals surface area contributed by atoms with Crippen LogP contribution in [-0.2, 0) is 4.79 Å². The van der Waals surface area contributed by atoms with Gasteiger partial charge in [0.15, 0.2) is 0 Å². The number of rotatable bonds is 2. The zero-order valence-corrected chi connectivity index (χ0v) is 6.55. The van der Waals surface area contributed by atoms with Crippen LogP contribution in [0.4, 0.5) is 0 Å². The van der Waals surface area contributed by atoms with Crippen molar-refractivity contribution < 1.29 is 4.79 Å². The molecule has 0 spiro atoms. The Bertz CT molecular complexity index is 106. The lowest BCUT2D eigenvalue weighted by Gasteiger charge is -2.28. The molecule has 0 radical (unpaired) electrons. The molecule has 0 atom stereocenters. The van der Waals surface area contributed by atoms with Crippen LogP contribution < -0.4 is 0 Å². The molecule has 1 amide bonds. The first-order valence-electron chi connectivity index (χ1n) is 4.06. The monoisotopic (exact) mass is 141 g/mol. The SMILES string of the molecule is CCC1CCN(C=O)CC1. The number of carbonyl (C=O) groups is 1. The maximum atomic E-state index is 10.3. The predicted octanol–water partition coefficient (Wildman–Crippen LogP) is 1.26. The highest BCUT2D eigenvalue weighted by molar-refractivity contribution is 5.47. The second-order valence-corrected chi connectivity index (χ2v) is 2.99. The molecule has 0 saturated carbocycles. The summed E-state index contributed by atoms with van der Waals surface area (Å²) in [5.74, 6) is 0.871. The van der Waals surface area contributed by atoms with Gasteiger partial charge in [-0.2, -0.15) is 0 Å². The minimum atomic E-state index is 0.871. The summed E-state index contributed by atoms with van der Waals surface area (Å²) in [6.07, 6.45) is 4.64. The van der Waals surface area contributed by atoms with Gasteiger partial charge in [-0.05, 0) is 18.8 Å². The van der Waals surface area contributed by atoms with E-state index in [0.29, 0.717) is 0 Å². The van der Waals surface area contributed by atoms with Crippen molar-refractivity contribution in [1.82, 2.24) is 4.90 Å². The fourth-order valence-corrected chi connectivity index (χ4v) is 1.47. The van der Waals surface area contributed by atoms with Crippen LogP contribution in [0.15, 0.2) is 0 Å². The summed E-state index contributed by atoms with van der Waals surface area (Å²) >= 11 is 0. The van der Waals surface area contributed by atoms with Crippen LogP contribution in [0.3, 0.4) is 0 Å². The second-order valence-electron chi connectivity index (χ2n) is 2.99. The molecule has 0 aromatic heterocycles. The van der Waals surface area contributed by atoms with Gasteiger partial charge >= 0.3 is 0 Å². The highest BCUT2D eigenvalue weighted by Gasteiger charge is 2.15. The standard InChI is InChI=1S/C8H15NO/c1-2-8-3-5-9(7-10)6-4-8/h7-8H,2-6H2,1H3. The Hall–Kier alpha value is -0.530.